The van der Waals surface area contributed by atoms with Crippen LogP contribution in [0.2, 0.25) is 0 Å². The average Bonchev–Trinajstić information content (AvgIpc) is 2.39. The van der Waals surface area contributed by atoms with E-state index in [0.29, 0.717) is 12.5 Å². The highest BCUT2D eigenvalue weighted by Gasteiger charge is 2.26. The van der Waals surface area contributed by atoms with Crippen LogP contribution in [0.3, 0.4) is 0 Å². The third-order valence-electron chi connectivity index (χ3n) is 4.49. The maximum Gasteiger partial charge on any atom is 0.221 e. The lowest BCUT2D eigenvalue weighted by Crippen LogP contribution is -2.48. The van der Waals surface area contributed by atoms with Crippen molar-refractivity contribution < 1.29 is 4.79 Å². The van der Waals surface area contributed by atoms with Gasteiger partial charge >= 0.3 is 0 Å². The largest absolute Gasteiger partial charge is 0.353 e. The van der Waals surface area contributed by atoms with E-state index in [0.717, 1.165) is 32.0 Å². The normalized spacial score (nSPS) is 22.8. The van der Waals surface area contributed by atoms with E-state index in [2.05, 4.69) is 10.2 Å². The monoisotopic (exact) mass is 339 g/mol. The number of carbonyl (C=O) groups excluding carboxylic acids is 1. The van der Waals surface area contributed by atoms with E-state index in [-0.39, 0.29) is 36.8 Å². The van der Waals surface area contributed by atoms with Crippen LogP contribution in [-0.4, -0.2) is 42.0 Å². The lowest BCUT2D eigenvalue weighted by molar-refractivity contribution is -0.122. The molecule has 126 valence electrons. The predicted octanol–water partition coefficient (Wildman–Crippen LogP) is 2.48. The van der Waals surface area contributed by atoms with Gasteiger partial charge in [0.05, 0.1) is 0 Å². The Bertz CT molecular complexity index is 289. The Morgan fingerprint density at radius 3 is 2.24 bits per heavy atom. The van der Waals surface area contributed by atoms with Gasteiger partial charge in [-0.15, -0.1) is 24.8 Å². The van der Waals surface area contributed by atoms with Gasteiger partial charge in [-0.2, -0.15) is 0 Å². The number of halogens is 2. The number of amides is 1. The summed E-state index contributed by atoms with van der Waals surface area (Å²) in [6.45, 7) is 4.17. The van der Waals surface area contributed by atoms with Crippen molar-refractivity contribution in [3.8, 4) is 0 Å². The molecule has 2 rings (SSSR count). The predicted molar refractivity (Wildman–Crippen MR) is 92.4 cm³/mol. The molecule has 0 spiro atoms. The fourth-order valence-corrected chi connectivity index (χ4v) is 3.43. The minimum atomic E-state index is -0.0395. The van der Waals surface area contributed by atoms with Crippen molar-refractivity contribution >= 4 is 30.7 Å². The number of rotatable bonds is 4. The van der Waals surface area contributed by atoms with Crippen molar-refractivity contribution in [2.24, 2.45) is 5.73 Å². The molecule has 1 aliphatic carbocycles. The maximum absolute atomic E-state index is 11.7. The highest BCUT2D eigenvalue weighted by atomic mass is 35.5. The van der Waals surface area contributed by atoms with Gasteiger partial charge in [-0.25, -0.2) is 0 Å². The Hall–Kier alpha value is -0.0300. The SMILES string of the molecule is CC(N)CC(=O)NC1CCN(C2CCCCC2)CC1.Cl.Cl. The Morgan fingerprint density at radius 2 is 1.71 bits per heavy atom. The standard InChI is InChI=1S/C15H29N3O.2ClH/c1-12(16)11-15(19)17-13-7-9-18(10-8-13)14-5-3-2-4-6-14;;/h12-14H,2-11,16H2,1H3,(H,17,19);2*1H. The molecule has 6 heteroatoms. The van der Waals surface area contributed by atoms with Crippen LogP contribution in [0.1, 0.15) is 58.3 Å². The molecule has 0 aromatic rings. The van der Waals surface area contributed by atoms with Gasteiger partial charge < -0.3 is 16.0 Å². The number of nitrogens with zero attached hydrogens (tertiary/aromatic N) is 1. The molecule has 0 bridgehead atoms. The van der Waals surface area contributed by atoms with Gasteiger partial charge in [0.1, 0.15) is 0 Å². The summed E-state index contributed by atoms with van der Waals surface area (Å²) in [7, 11) is 0. The minimum absolute atomic E-state index is 0. The summed E-state index contributed by atoms with van der Waals surface area (Å²) in [5.74, 6) is 0.117. The van der Waals surface area contributed by atoms with Crippen LogP contribution in [0.4, 0.5) is 0 Å². The first-order chi connectivity index (χ1) is 9.15. The van der Waals surface area contributed by atoms with Gasteiger partial charge in [0.15, 0.2) is 0 Å². The van der Waals surface area contributed by atoms with Crippen LogP contribution >= 0.6 is 24.8 Å². The second-order valence-electron chi connectivity index (χ2n) is 6.35. The number of likely N-dealkylation sites (tertiary alicyclic amines) is 1. The molecule has 3 N–H and O–H groups in total. The smallest absolute Gasteiger partial charge is 0.221 e. The topological polar surface area (TPSA) is 58.4 Å². The Kier molecular flexibility index (Phi) is 10.6. The molecule has 2 fully saturated rings. The second-order valence-corrected chi connectivity index (χ2v) is 6.35. The summed E-state index contributed by atoms with van der Waals surface area (Å²) in [6.07, 6.45) is 9.61. The van der Waals surface area contributed by atoms with Crippen molar-refractivity contribution in [2.75, 3.05) is 13.1 Å². The van der Waals surface area contributed by atoms with Crippen LogP contribution < -0.4 is 11.1 Å². The fraction of sp³-hybridized carbons (Fsp3) is 0.933. The lowest BCUT2D eigenvalue weighted by Gasteiger charge is -2.39. The molecule has 2 aliphatic rings. The van der Waals surface area contributed by atoms with Crippen LogP contribution in [0, 0.1) is 0 Å². The van der Waals surface area contributed by atoms with E-state index in [1.54, 1.807) is 0 Å². The summed E-state index contributed by atoms with van der Waals surface area (Å²) in [4.78, 5) is 14.3. The van der Waals surface area contributed by atoms with Crippen LogP contribution in [0.15, 0.2) is 0 Å². The highest BCUT2D eigenvalue weighted by Crippen LogP contribution is 2.25. The number of nitrogens with one attached hydrogen (secondary N) is 1. The Morgan fingerprint density at radius 1 is 1.14 bits per heavy atom. The molecule has 1 atom stereocenters. The second kappa shape index (κ2) is 10.7. The summed E-state index contributed by atoms with van der Waals surface area (Å²) in [6, 6.07) is 1.14. The Balaban J connectivity index is 0.00000200. The molecular formula is C15H31Cl2N3O. The summed E-state index contributed by atoms with van der Waals surface area (Å²) in [5.41, 5.74) is 5.65. The highest BCUT2D eigenvalue weighted by molar-refractivity contribution is 5.85. The molecule has 21 heavy (non-hydrogen) atoms. The average molecular weight is 340 g/mol. The van der Waals surface area contributed by atoms with Gasteiger partial charge in [-0.3, -0.25) is 4.79 Å². The Labute approximate surface area is 141 Å². The van der Waals surface area contributed by atoms with Gasteiger partial charge in [-0.1, -0.05) is 19.3 Å². The van der Waals surface area contributed by atoms with Gasteiger partial charge in [-0.05, 0) is 32.6 Å². The zero-order valence-electron chi connectivity index (χ0n) is 13.1. The summed E-state index contributed by atoms with van der Waals surface area (Å²) < 4.78 is 0. The van der Waals surface area contributed by atoms with Crippen LogP contribution in [0.25, 0.3) is 0 Å². The number of carbonyl (C=O) groups is 1. The third-order valence-corrected chi connectivity index (χ3v) is 4.49. The van der Waals surface area contributed by atoms with E-state index in [9.17, 15) is 4.79 Å². The first-order valence-electron chi connectivity index (χ1n) is 7.94. The quantitative estimate of drug-likeness (QED) is 0.827. The molecular weight excluding hydrogens is 309 g/mol. The van der Waals surface area contributed by atoms with Gasteiger partial charge in [0.25, 0.3) is 0 Å². The molecule has 1 saturated carbocycles. The van der Waals surface area contributed by atoms with Gasteiger partial charge in [0.2, 0.25) is 5.91 Å². The third kappa shape index (κ3) is 7.18. The first kappa shape index (κ1) is 21.0. The van der Waals surface area contributed by atoms with Gasteiger partial charge in [0, 0.05) is 37.6 Å². The molecule has 4 nitrogen and oxygen atoms in total. The maximum atomic E-state index is 11.7. The fourth-order valence-electron chi connectivity index (χ4n) is 3.43. The minimum Gasteiger partial charge on any atom is -0.353 e. The molecule has 1 amide bonds. The molecule has 1 heterocycles. The number of piperidine rings is 1. The molecule has 1 aliphatic heterocycles. The zero-order chi connectivity index (χ0) is 13.7. The lowest BCUT2D eigenvalue weighted by atomic mass is 9.92. The van der Waals surface area contributed by atoms with Crippen LogP contribution in [-0.2, 0) is 4.79 Å². The number of nitrogens with two attached hydrogens (primary N) is 1. The zero-order valence-corrected chi connectivity index (χ0v) is 14.7. The van der Waals surface area contributed by atoms with E-state index >= 15 is 0 Å². The summed E-state index contributed by atoms with van der Waals surface area (Å²) >= 11 is 0. The molecule has 1 saturated heterocycles. The van der Waals surface area contributed by atoms with Crippen LogP contribution in [0.5, 0.6) is 0 Å². The van der Waals surface area contributed by atoms with Crippen molar-refractivity contribution in [1.29, 1.82) is 0 Å². The number of hydrogen-bond acceptors (Lipinski definition) is 3. The van der Waals surface area contributed by atoms with E-state index in [1.165, 1.54) is 32.1 Å². The van der Waals surface area contributed by atoms with Crippen molar-refractivity contribution in [2.45, 2.75) is 76.4 Å². The molecule has 1 unspecified atom stereocenters. The molecule has 0 radical (unpaired) electrons. The van der Waals surface area contributed by atoms with Crippen molar-refractivity contribution in [3.63, 3.8) is 0 Å². The van der Waals surface area contributed by atoms with E-state index in [1.807, 2.05) is 6.92 Å². The summed E-state index contributed by atoms with van der Waals surface area (Å²) in [5, 5.41) is 3.13. The van der Waals surface area contributed by atoms with E-state index in [4.69, 9.17) is 5.73 Å². The number of hydrogen-bond donors (Lipinski definition) is 2. The molecule has 0 aromatic heterocycles. The van der Waals surface area contributed by atoms with Crippen molar-refractivity contribution in [3.05, 3.63) is 0 Å². The van der Waals surface area contributed by atoms with E-state index < -0.39 is 0 Å². The van der Waals surface area contributed by atoms with Crippen molar-refractivity contribution in [1.82, 2.24) is 10.2 Å². The molecule has 0 aromatic carbocycles. The first-order valence-corrected chi connectivity index (χ1v) is 7.94.